The second-order valence-corrected chi connectivity index (χ2v) is 4.05. The standard InChI is InChI=1S/C11H22/c1-6-8-10(3)11(4,5)9-7-2/h6,8,10H,7,9H2,1-5H3. The maximum absolute atomic E-state index is 2.35. The van der Waals surface area contributed by atoms with Gasteiger partial charge in [-0.15, -0.1) is 0 Å². The van der Waals surface area contributed by atoms with Crippen LogP contribution in [0.5, 0.6) is 0 Å². The van der Waals surface area contributed by atoms with Gasteiger partial charge in [0, 0.05) is 0 Å². The molecule has 0 aromatic rings. The number of allylic oxidation sites excluding steroid dienone is 2. The highest BCUT2D eigenvalue weighted by Gasteiger charge is 2.21. The van der Waals surface area contributed by atoms with Gasteiger partial charge in [0.05, 0.1) is 0 Å². The van der Waals surface area contributed by atoms with E-state index >= 15 is 0 Å². The fourth-order valence-corrected chi connectivity index (χ4v) is 1.42. The minimum Gasteiger partial charge on any atom is -0.0914 e. The smallest absolute Gasteiger partial charge is 0.0211 e. The summed E-state index contributed by atoms with van der Waals surface area (Å²) in [5.41, 5.74) is 0.473. The summed E-state index contributed by atoms with van der Waals surface area (Å²) in [5.74, 6) is 0.701. The van der Waals surface area contributed by atoms with Gasteiger partial charge in [-0.05, 0) is 24.7 Å². The Labute approximate surface area is 71.7 Å². The maximum atomic E-state index is 2.35. The second-order valence-electron chi connectivity index (χ2n) is 4.05. The highest BCUT2D eigenvalue weighted by Crippen LogP contribution is 2.32. The molecule has 11 heavy (non-hydrogen) atoms. The molecule has 0 aliphatic carbocycles. The summed E-state index contributed by atoms with van der Waals surface area (Å²) in [7, 11) is 0. The first-order valence-corrected chi connectivity index (χ1v) is 4.67. The van der Waals surface area contributed by atoms with Crippen LogP contribution in [-0.4, -0.2) is 0 Å². The molecule has 0 spiro atoms. The van der Waals surface area contributed by atoms with Crippen LogP contribution in [0.4, 0.5) is 0 Å². The number of hydrogen-bond donors (Lipinski definition) is 0. The molecule has 0 aliphatic rings. The molecule has 0 bridgehead atoms. The van der Waals surface area contributed by atoms with E-state index < -0.39 is 0 Å². The van der Waals surface area contributed by atoms with Crippen molar-refractivity contribution in [1.29, 1.82) is 0 Å². The van der Waals surface area contributed by atoms with Gasteiger partial charge in [0.1, 0.15) is 0 Å². The summed E-state index contributed by atoms with van der Waals surface area (Å²) in [6, 6.07) is 0. The Morgan fingerprint density at radius 1 is 1.36 bits per heavy atom. The summed E-state index contributed by atoms with van der Waals surface area (Å²) in [6.07, 6.45) is 7.06. The fourth-order valence-electron chi connectivity index (χ4n) is 1.42. The van der Waals surface area contributed by atoms with Crippen molar-refractivity contribution in [3.05, 3.63) is 12.2 Å². The molecule has 0 heteroatoms. The molecule has 1 unspecified atom stereocenters. The molecule has 0 fully saturated rings. The molecule has 0 N–H and O–H groups in total. The van der Waals surface area contributed by atoms with E-state index in [1.165, 1.54) is 12.8 Å². The molecule has 1 atom stereocenters. The van der Waals surface area contributed by atoms with Crippen LogP contribution >= 0.6 is 0 Å². The topological polar surface area (TPSA) is 0 Å². The van der Waals surface area contributed by atoms with Gasteiger partial charge in [-0.2, -0.15) is 0 Å². The van der Waals surface area contributed by atoms with Crippen LogP contribution in [0, 0.1) is 11.3 Å². The summed E-state index contributed by atoms with van der Waals surface area (Å²) >= 11 is 0. The Bertz CT molecular complexity index is 120. The van der Waals surface area contributed by atoms with E-state index in [1.54, 1.807) is 0 Å². The molecule has 0 saturated heterocycles. The van der Waals surface area contributed by atoms with Gasteiger partial charge < -0.3 is 0 Å². The van der Waals surface area contributed by atoms with Crippen molar-refractivity contribution in [2.45, 2.75) is 47.5 Å². The van der Waals surface area contributed by atoms with E-state index in [1.807, 2.05) is 0 Å². The maximum Gasteiger partial charge on any atom is -0.0211 e. The molecule has 0 heterocycles. The van der Waals surface area contributed by atoms with Crippen LogP contribution in [-0.2, 0) is 0 Å². The predicted molar refractivity (Wildman–Crippen MR) is 52.7 cm³/mol. The third kappa shape index (κ3) is 3.60. The largest absolute Gasteiger partial charge is 0.0914 e. The molecule has 0 saturated carbocycles. The second kappa shape index (κ2) is 4.58. The van der Waals surface area contributed by atoms with Crippen molar-refractivity contribution in [3.63, 3.8) is 0 Å². The molecule has 0 aromatic heterocycles. The average Bonchev–Trinajstić information content (AvgIpc) is 1.88. The third-order valence-electron chi connectivity index (χ3n) is 2.61. The first-order chi connectivity index (χ1) is 5.04. The SMILES string of the molecule is CC=CC(C)C(C)(C)CCC. The van der Waals surface area contributed by atoms with Crippen molar-refractivity contribution >= 4 is 0 Å². The minimum absolute atomic E-state index is 0.473. The molecular weight excluding hydrogens is 132 g/mol. The average molecular weight is 154 g/mol. The van der Waals surface area contributed by atoms with Crippen molar-refractivity contribution in [2.75, 3.05) is 0 Å². The van der Waals surface area contributed by atoms with Crippen LogP contribution in [0.3, 0.4) is 0 Å². The lowest BCUT2D eigenvalue weighted by Gasteiger charge is -2.29. The zero-order chi connectivity index (χ0) is 8.91. The monoisotopic (exact) mass is 154 g/mol. The quantitative estimate of drug-likeness (QED) is 0.536. The van der Waals surface area contributed by atoms with Crippen LogP contribution in [0.2, 0.25) is 0 Å². The molecular formula is C11H22. The summed E-state index contributed by atoms with van der Waals surface area (Å²) in [4.78, 5) is 0. The van der Waals surface area contributed by atoms with E-state index in [4.69, 9.17) is 0 Å². The van der Waals surface area contributed by atoms with Crippen molar-refractivity contribution in [2.24, 2.45) is 11.3 Å². The number of rotatable bonds is 4. The Kier molecular flexibility index (Phi) is 4.48. The van der Waals surface area contributed by atoms with Gasteiger partial charge in [0.25, 0.3) is 0 Å². The first kappa shape index (κ1) is 10.7. The third-order valence-corrected chi connectivity index (χ3v) is 2.61. The van der Waals surface area contributed by atoms with Gasteiger partial charge in [-0.1, -0.05) is 46.3 Å². The van der Waals surface area contributed by atoms with Gasteiger partial charge in [0.15, 0.2) is 0 Å². The fraction of sp³-hybridized carbons (Fsp3) is 0.818. The molecule has 0 aromatic carbocycles. The molecule has 0 amide bonds. The van der Waals surface area contributed by atoms with Gasteiger partial charge in [-0.25, -0.2) is 0 Å². The van der Waals surface area contributed by atoms with E-state index in [0.717, 1.165) is 0 Å². The summed E-state index contributed by atoms with van der Waals surface area (Å²) in [5, 5.41) is 0. The van der Waals surface area contributed by atoms with Gasteiger partial charge >= 0.3 is 0 Å². The lowest BCUT2D eigenvalue weighted by Crippen LogP contribution is -2.19. The van der Waals surface area contributed by atoms with Crippen molar-refractivity contribution in [3.8, 4) is 0 Å². The molecule has 0 nitrogen and oxygen atoms in total. The molecule has 0 rings (SSSR count). The van der Waals surface area contributed by atoms with E-state index in [-0.39, 0.29) is 0 Å². The highest BCUT2D eigenvalue weighted by atomic mass is 14.3. The Balaban J connectivity index is 4.04. The van der Waals surface area contributed by atoms with Crippen molar-refractivity contribution in [1.82, 2.24) is 0 Å². The number of hydrogen-bond acceptors (Lipinski definition) is 0. The lowest BCUT2D eigenvalue weighted by molar-refractivity contribution is 0.252. The van der Waals surface area contributed by atoms with E-state index in [0.29, 0.717) is 11.3 Å². The predicted octanol–water partition coefficient (Wildman–Crippen LogP) is 4.02. The van der Waals surface area contributed by atoms with E-state index in [9.17, 15) is 0 Å². The molecule has 66 valence electrons. The minimum atomic E-state index is 0.473. The zero-order valence-corrected chi connectivity index (χ0v) is 8.65. The van der Waals surface area contributed by atoms with Crippen LogP contribution in [0.1, 0.15) is 47.5 Å². The normalized spacial score (nSPS) is 15.7. The lowest BCUT2D eigenvalue weighted by atomic mass is 9.76. The molecule has 0 radical (unpaired) electrons. The Morgan fingerprint density at radius 3 is 2.27 bits per heavy atom. The molecule has 0 aliphatic heterocycles. The van der Waals surface area contributed by atoms with E-state index in [2.05, 4.69) is 46.8 Å². The Morgan fingerprint density at radius 2 is 1.91 bits per heavy atom. The van der Waals surface area contributed by atoms with Crippen molar-refractivity contribution < 1.29 is 0 Å². The zero-order valence-electron chi connectivity index (χ0n) is 8.65. The summed E-state index contributed by atoms with van der Waals surface area (Å²) < 4.78 is 0. The van der Waals surface area contributed by atoms with Crippen LogP contribution < -0.4 is 0 Å². The van der Waals surface area contributed by atoms with Crippen LogP contribution in [0.15, 0.2) is 12.2 Å². The first-order valence-electron chi connectivity index (χ1n) is 4.67. The van der Waals surface area contributed by atoms with Gasteiger partial charge in [0.2, 0.25) is 0 Å². The Hall–Kier alpha value is -0.260. The highest BCUT2D eigenvalue weighted by molar-refractivity contribution is 4.91. The summed E-state index contributed by atoms with van der Waals surface area (Å²) in [6.45, 7) is 11.3. The van der Waals surface area contributed by atoms with Gasteiger partial charge in [-0.3, -0.25) is 0 Å². The van der Waals surface area contributed by atoms with Crippen LogP contribution in [0.25, 0.3) is 0 Å².